The lowest BCUT2D eigenvalue weighted by molar-refractivity contribution is 0.105. The van der Waals surface area contributed by atoms with E-state index in [0.717, 1.165) is 12.2 Å². The van der Waals surface area contributed by atoms with Crippen LogP contribution in [-0.4, -0.2) is 5.60 Å². The molecule has 1 nitrogen and oxygen atoms in total. The van der Waals surface area contributed by atoms with E-state index in [1.54, 1.807) is 0 Å². The van der Waals surface area contributed by atoms with E-state index in [2.05, 4.69) is 79.7 Å². The van der Waals surface area contributed by atoms with Crippen LogP contribution in [0.2, 0.25) is 0 Å². The van der Waals surface area contributed by atoms with E-state index in [1.165, 1.54) is 12.0 Å². The Morgan fingerprint density at radius 1 is 0.952 bits per heavy atom. The van der Waals surface area contributed by atoms with E-state index in [1.807, 2.05) is 0 Å². The molecule has 0 saturated carbocycles. The molecule has 1 unspecified atom stereocenters. The van der Waals surface area contributed by atoms with Gasteiger partial charge >= 0.3 is 0 Å². The first kappa shape index (κ1) is 18.1. The molecule has 0 heterocycles. The number of hydrogen-bond acceptors (Lipinski definition) is 1. The summed E-state index contributed by atoms with van der Waals surface area (Å²) in [6, 6.07) is 8.75. The summed E-state index contributed by atoms with van der Waals surface area (Å²) in [5.74, 6) is 2.24. The van der Waals surface area contributed by atoms with Crippen molar-refractivity contribution in [1.29, 1.82) is 0 Å². The molecule has 0 radical (unpaired) electrons. The fourth-order valence-electron chi connectivity index (χ4n) is 2.57. The van der Waals surface area contributed by atoms with Crippen LogP contribution in [0.5, 0.6) is 5.75 Å². The van der Waals surface area contributed by atoms with Crippen LogP contribution in [0.25, 0.3) is 0 Å². The van der Waals surface area contributed by atoms with Crippen molar-refractivity contribution < 1.29 is 4.74 Å². The quantitative estimate of drug-likeness (QED) is 0.586. The van der Waals surface area contributed by atoms with Gasteiger partial charge in [-0.25, -0.2) is 0 Å². The highest BCUT2D eigenvalue weighted by atomic mass is 16.5. The van der Waals surface area contributed by atoms with Crippen molar-refractivity contribution in [2.24, 2.45) is 11.3 Å². The van der Waals surface area contributed by atoms with Gasteiger partial charge in [-0.05, 0) is 61.6 Å². The van der Waals surface area contributed by atoms with Crippen LogP contribution >= 0.6 is 0 Å². The molecule has 0 aromatic heterocycles. The second-order valence-electron chi connectivity index (χ2n) is 8.40. The number of hydrogen-bond donors (Lipinski definition) is 0. The van der Waals surface area contributed by atoms with Gasteiger partial charge < -0.3 is 4.74 Å². The molecule has 0 spiro atoms. The van der Waals surface area contributed by atoms with Gasteiger partial charge in [0.2, 0.25) is 0 Å². The average molecular weight is 290 g/mol. The molecule has 1 atom stereocenters. The first-order valence-electron chi connectivity index (χ1n) is 8.33. The highest BCUT2D eigenvalue weighted by Gasteiger charge is 2.23. The van der Waals surface area contributed by atoms with Gasteiger partial charge in [-0.1, -0.05) is 53.7 Å². The smallest absolute Gasteiger partial charge is 0.120 e. The zero-order chi connectivity index (χ0) is 16.3. The molecule has 1 heteroatoms. The van der Waals surface area contributed by atoms with Crippen LogP contribution in [0.4, 0.5) is 0 Å². The largest absolute Gasteiger partial charge is 0.488 e. The Morgan fingerprint density at radius 2 is 1.48 bits per heavy atom. The van der Waals surface area contributed by atoms with Gasteiger partial charge in [0.05, 0.1) is 0 Å². The number of rotatable bonds is 6. The minimum atomic E-state index is -0.0929. The van der Waals surface area contributed by atoms with E-state index in [9.17, 15) is 0 Å². The zero-order valence-electron chi connectivity index (χ0n) is 15.3. The average Bonchev–Trinajstić information content (AvgIpc) is 2.35. The molecular weight excluding hydrogens is 256 g/mol. The van der Waals surface area contributed by atoms with Crippen LogP contribution in [0.1, 0.15) is 79.7 Å². The third-order valence-electron chi connectivity index (χ3n) is 4.19. The van der Waals surface area contributed by atoms with Gasteiger partial charge in [0.15, 0.2) is 0 Å². The van der Waals surface area contributed by atoms with Gasteiger partial charge in [0.1, 0.15) is 11.4 Å². The lowest BCUT2D eigenvalue weighted by atomic mass is 9.76. The van der Waals surface area contributed by atoms with Crippen LogP contribution in [-0.2, 0) is 0 Å². The molecule has 0 aliphatic heterocycles. The Balaban J connectivity index is 2.88. The molecule has 0 amide bonds. The van der Waals surface area contributed by atoms with Crippen molar-refractivity contribution in [3.63, 3.8) is 0 Å². The highest BCUT2D eigenvalue weighted by molar-refractivity contribution is 5.30. The molecular formula is C20H34O. The Labute approximate surface area is 132 Å². The Kier molecular flexibility index (Phi) is 5.90. The summed E-state index contributed by atoms with van der Waals surface area (Å²) in [5, 5.41) is 0. The predicted molar refractivity (Wildman–Crippen MR) is 93.1 cm³/mol. The Morgan fingerprint density at radius 3 is 1.86 bits per heavy atom. The minimum Gasteiger partial charge on any atom is -0.488 e. The number of benzene rings is 1. The first-order chi connectivity index (χ1) is 9.54. The second-order valence-corrected chi connectivity index (χ2v) is 8.40. The first-order valence-corrected chi connectivity index (χ1v) is 8.33. The molecule has 0 fully saturated rings. The minimum absolute atomic E-state index is 0.0929. The molecule has 0 aliphatic carbocycles. The third-order valence-corrected chi connectivity index (χ3v) is 4.19. The van der Waals surface area contributed by atoms with Crippen molar-refractivity contribution in [3.8, 4) is 5.75 Å². The molecule has 21 heavy (non-hydrogen) atoms. The van der Waals surface area contributed by atoms with Crippen molar-refractivity contribution in [1.82, 2.24) is 0 Å². The zero-order valence-corrected chi connectivity index (χ0v) is 15.3. The highest BCUT2D eigenvalue weighted by Crippen LogP contribution is 2.37. The van der Waals surface area contributed by atoms with Gasteiger partial charge in [0.25, 0.3) is 0 Å². The SMILES string of the molecule is CCC(C)(C)Oc1ccc(C(CC(C)(C)C)C(C)C)cc1. The van der Waals surface area contributed by atoms with Crippen molar-refractivity contribution in [2.45, 2.75) is 79.8 Å². The van der Waals surface area contributed by atoms with Crippen LogP contribution in [0.15, 0.2) is 24.3 Å². The maximum Gasteiger partial charge on any atom is 0.120 e. The topological polar surface area (TPSA) is 9.23 Å². The summed E-state index contributed by atoms with van der Waals surface area (Å²) in [6.45, 7) is 18.0. The monoisotopic (exact) mass is 290 g/mol. The normalized spacial score (nSPS) is 14.3. The Hall–Kier alpha value is -0.980. The fraction of sp³-hybridized carbons (Fsp3) is 0.700. The summed E-state index contributed by atoms with van der Waals surface area (Å²) >= 11 is 0. The maximum absolute atomic E-state index is 6.05. The second kappa shape index (κ2) is 6.85. The standard InChI is InChI=1S/C20H34O/c1-9-20(7,8)21-17-12-10-16(11-13-17)18(15(2)3)14-19(4,5)6/h10-13,15,18H,9,14H2,1-8H3. The van der Waals surface area contributed by atoms with Crippen molar-refractivity contribution in [3.05, 3.63) is 29.8 Å². The van der Waals surface area contributed by atoms with Crippen LogP contribution in [0, 0.1) is 11.3 Å². The lowest BCUT2D eigenvalue weighted by Crippen LogP contribution is -2.26. The molecule has 0 saturated heterocycles. The lowest BCUT2D eigenvalue weighted by Gasteiger charge is -2.30. The molecule has 120 valence electrons. The van der Waals surface area contributed by atoms with Gasteiger partial charge in [0, 0.05) is 0 Å². The molecule has 1 aromatic rings. The van der Waals surface area contributed by atoms with Gasteiger partial charge in [-0.15, -0.1) is 0 Å². The van der Waals surface area contributed by atoms with Crippen LogP contribution < -0.4 is 4.74 Å². The molecule has 1 rings (SSSR count). The number of ether oxygens (including phenoxy) is 1. The molecule has 0 N–H and O–H groups in total. The maximum atomic E-state index is 6.05. The predicted octanol–water partition coefficient (Wildman–Crippen LogP) is 6.43. The summed E-state index contributed by atoms with van der Waals surface area (Å²) in [6.07, 6.45) is 2.22. The van der Waals surface area contributed by atoms with Gasteiger partial charge in [-0.2, -0.15) is 0 Å². The third kappa shape index (κ3) is 6.11. The fourth-order valence-corrected chi connectivity index (χ4v) is 2.57. The van der Waals surface area contributed by atoms with E-state index in [4.69, 9.17) is 4.74 Å². The summed E-state index contributed by atoms with van der Waals surface area (Å²) in [4.78, 5) is 0. The summed E-state index contributed by atoms with van der Waals surface area (Å²) in [5.41, 5.74) is 1.69. The van der Waals surface area contributed by atoms with Gasteiger partial charge in [-0.3, -0.25) is 0 Å². The van der Waals surface area contributed by atoms with E-state index >= 15 is 0 Å². The molecule has 0 aliphatic rings. The molecule has 0 bridgehead atoms. The summed E-state index contributed by atoms with van der Waals surface area (Å²) in [7, 11) is 0. The van der Waals surface area contributed by atoms with E-state index in [0.29, 0.717) is 17.3 Å². The van der Waals surface area contributed by atoms with Crippen molar-refractivity contribution >= 4 is 0 Å². The van der Waals surface area contributed by atoms with E-state index in [-0.39, 0.29) is 5.60 Å². The van der Waals surface area contributed by atoms with Crippen LogP contribution in [0.3, 0.4) is 0 Å². The summed E-state index contributed by atoms with van der Waals surface area (Å²) < 4.78 is 6.05. The Bertz CT molecular complexity index is 420. The molecule has 1 aromatic carbocycles. The van der Waals surface area contributed by atoms with E-state index < -0.39 is 0 Å². The van der Waals surface area contributed by atoms with Crippen molar-refractivity contribution in [2.75, 3.05) is 0 Å².